The molecule has 1 unspecified atom stereocenters. The zero-order valence-electron chi connectivity index (χ0n) is 24.3. The number of carbonyl (C=O) groups excluding carboxylic acids is 1. The fourth-order valence-corrected chi connectivity index (χ4v) is 6.80. The molecule has 4 heterocycles. The number of aromatic amines is 1. The first kappa shape index (κ1) is 27.1. The fourth-order valence-electron chi connectivity index (χ4n) is 6.80. The lowest BCUT2D eigenvalue weighted by atomic mass is 9.89. The summed E-state index contributed by atoms with van der Waals surface area (Å²) in [6.07, 6.45) is 7.17. The van der Waals surface area contributed by atoms with E-state index in [2.05, 4.69) is 70.3 Å². The SMILES string of the molecule is C=C(CC(Cc1cc(C)c2[nH]ncc2c1)c1cc2ccccc2cn1)N1CCC(N2Cc3cccc(F)c3NC2=O)CC1. The Morgan fingerprint density at radius 1 is 1.05 bits per heavy atom. The second-order valence-electron chi connectivity index (χ2n) is 11.9. The number of likely N-dealkylation sites (tertiary alicyclic amines) is 1. The van der Waals surface area contributed by atoms with Crippen LogP contribution < -0.4 is 5.32 Å². The molecule has 5 aromatic rings. The zero-order valence-corrected chi connectivity index (χ0v) is 24.3. The van der Waals surface area contributed by atoms with Crippen molar-refractivity contribution >= 4 is 33.4 Å². The summed E-state index contributed by atoms with van der Waals surface area (Å²) >= 11 is 0. The van der Waals surface area contributed by atoms with Crippen molar-refractivity contribution in [2.45, 2.75) is 51.1 Å². The van der Waals surface area contributed by atoms with Gasteiger partial charge in [0.25, 0.3) is 0 Å². The number of para-hydroxylation sites is 1. The molecule has 8 heteroatoms. The minimum Gasteiger partial charge on any atom is -0.375 e. The van der Waals surface area contributed by atoms with Crippen LogP contribution in [-0.2, 0) is 13.0 Å². The van der Waals surface area contributed by atoms with Crippen LogP contribution in [0.5, 0.6) is 0 Å². The number of allylic oxidation sites excluding steroid dienone is 1. The van der Waals surface area contributed by atoms with Crippen LogP contribution in [0.1, 0.15) is 47.6 Å². The third kappa shape index (κ3) is 5.33. The molecule has 43 heavy (non-hydrogen) atoms. The molecule has 0 saturated carbocycles. The zero-order chi connectivity index (χ0) is 29.5. The topological polar surface area (TPSA) is 77.2 Å². The minimum absolute atomic E-state index is 0.100. The van der Waals surface area contributed by atoms with Crippen LogP contribution >= 0.6 is 0 Å². The van der Waals surface area contributed by atoms with E-state index in [1.165, 1.54) is 22.6 Å². The molecule has 0 spiro atoms. The molecule has 218 valence electrons. The number of benzene rings is 3. The van der Waals surface area contributed by atoms with Crippen LogP contribution in [0.2, 0.25) is 0 Å². The molecule has 2 aliphatic rings. The molecule has 2 N–H and O–H groups in total. The van der Waals surface area contributed by atoms with Gasteiger partial charge in [-0.05, 0) is 72.9 Å². The summed E-state index contributed by atoms with van der Waals surface area (Å²) in [4.78, 5) is 22.0. The lowest BCUT2D eigenvalue weighted by Crippen LogP contribution is -2.50. The van der Waals surface area contributed by atoms with Crippen LogP contribution in [0.4, 0.5) is 14.9 Å². The Morgan fingerprint density at radius 2 is 1.86 bits per heavy atom. The number of aromatic nitrogens is 3. The molecule has 0 bridgehead atoms. The van der Waals surface area contributed by atoms with Crippen LogP contribution in [0.25, 0.3) is 21.7 Å². The third-order valence-electron chi connectivity index (χ3n) is 9.13. The van der Waals surface area contributed by atoms with Gasteiger partial charge in [-0.3, -0.25) is 10.1 Å². The van der Waals surface area contributed by atoms with Crippen molar-refractivity contribution in [1.82, 2.24) is 25.0 Å². The van der Waals surface area contributed by atoms with Gasteiger partial charge in [0.1, 0.15) is 5.82 Å². The summed E-state index contributed by atoms with van der Waals surface area (Å²) in [5.41, 5.74) is 6.80. The van der Waals surface area contributed by atoms with E-state index < -0.39 is 0 Å². The normalized spacial score (nSPS) is 16.4. The molecule has 0 aliphatic carbocycles. The van der Waals surface area contributed by atoms with Gasteiger partial charge in [0.05, 0.1) is 17.4 Å². The second kappa shape index (κ2) is 11.2. The maximum Gasteiger partial charge on any atom is 0.322 e. The summed E-state index contributed by atoms with van der Waals surface area (Å²) in [6, 6.07) is 19.9. The first-order chi connectivity index (χ1) is 20.9. The van der Waals surface area contributed by atoms with Crippen LogP contribution in [0.15, 0.2) is 85.3 Å². The Morgan fingerprint density at radius 3 is 2.70 bits per heavy atom. The molecule has 2 aromatic heterocycles. The summed E-state index contributed by atoms with van der Waals surface area (Å²) in [5.74, 6) is -0.232. The first-order valence-electron chi connectivity index (χ1n) is 15.0. The van der Waals surface area contributed by atoms with Gasteiger partial charge in [0.2, 0.25) is 0 Å². The largest absolute Gasteiger partial charge is 0.375 e. The molecule has 1 fully saturated rings. The molecule has 1 saturated heterocycles. The highest BCUT2D eigenvalue weighted by atomic mass is 19.1. The van der Waals surface area contributed by atoms with Gasteiger partial charge in [-0.2, -0.15) is 5.10 Å². The Kier molecular flexibility index (Phi) is 7.05. The van der Waals surface area contributed by atoms with E-state index in [4.69, 9.17) is 4.98 Å². The monoisotopic (exact) mass is 574 g/mol. The number of rotatable bonds is 7. The van der Waals surface area contributed by atoms with E-state index in [0.717, 1.165) is 72.0 Å². The average molecular weight is 575 g/mol. The number of carbonyl (C=O) groups is 1. The summed E-state index contributed by atoms with van der Waals surface area (Å²) < 4.78 is 14.2. The summed E-state index contributed by atoms with van der Waals surface area (Å²) in [7, 11) is 0. The molecule has 7 rings (SSSR count). The summed E-state index contributed by atoms with van der Waals surface area (Å²) in [5, 5.41) is 13.6. The van der Waals surface area contributed by atoms with E-state index in [1.807, 2.05) is 29.4 Å². The molecule has 3 aromatic carbocycles. The number of nitrogens with zero attached hydrogens (tertiary/aromatic N) is 4. The summed E-state index contributed by atoms with van der Waals surface area (Å²) in [6.45, 7) is 8.74. The number of aryl methyl sites for hydroxylation is 1. The van der Waals surface area contributed by atoms with Gasteiger partial charge in [-0.1, -0.05) is 49.0 Å². The number of hydrogen-bond acceptors (Lipinski definition) is 4. The van der Waals surface area contributed by atoms with Crippen LogP contribution in [-0.4, -0.2) is 50.1 Å². The molecular weight excluding hydrogens is 539 g/mol. The Hall–Kier alpha value is -4.72. The quantitative estimate of drug-likeness (QED) is 0.214. The van der Waals surface area contributed by atoms with Crippen molar-refractivity contribution < 1.29 is 9.18 Å². The van der Waals surface area contributed by atoms with Gasteiger partial charge in [-0.15, -0.1) is 0 Å². The standard InChI is InChI=1S/C35H35FN6O/c1-22-14-24(17-29-20-38-40-33(22)29)16-28(32-18-25-6-3-4-7-26(25)19-37-32)15-23(2)41-12-10-30(11-13-41)42-21-27-8-5-9-31(36)34(27)39-35(42)43/h3-9,14,17-20,28,30H,2,10-13,15-16,21H2,1H3,(H,38,40)(H,39,43). The smallest absolute Gasteiger partial charge is 0.322 e. The number of amides is 2. The lowest BCUT2D eigenvalue weighted by molar-refractivity contribution is 0.134. The van der Waals surface area contributed by atoms with Gasteiger partial charge in [-0.25, -0.2) is 9.18 Å². The van der Waals surface area contributed by atoms with Gasteiger partial charge in [0.15, 0.2) is 0 Å². The molecule has 2 amide bonds. The maximum absolute atomic E-state index is 14.2. The van der Waals surface area contributed by atoms with Crippen molar-refractivity contribution in [1.29, 1.82) is 0 Å². The van der Waals surface area contributed by atoms with Crippen molar-refractivity contribution in [3.8, 4) is 0 Å². The van der Waals surface area contributed by atoms with Crippen molar-refractivity contribution in [2.75, 3.05) is 18.4 Å². The highest BCUT2D eigenvalue weighted by Crippen LogP contribution is 2.34. The van der Waals surface area contributed by atoms with E-state index in [0.29, 0.717) is 12.2 Å². The molecule has 7 nitrogen and oxygen atoms in total. The number of hydrogen-bond donors (Lipinski definition) is 2. The molecule has 1 atom stereocenters. The van der Waals surface area contributed by atoms with Gasteiger partial charge >= 0.3 is 6.03 Å². The van der Waals surface area contributed by atoms with E-state index in [1.54, 1.807) is 6.07 Å². The highest BCUT2D eigenvalue weighted by molar-refractivity contribution is 5.92. The number of piperidine rings is 1. The number of pyridine rings is 1. The number of fused-ring (bicyclic) bond motifs is 3. The number of nitrogens with one attached hydrogen (secondary N) is 2. The molecule has 0 radical (unpaired) electrons. The Bertz CT molecular complexity index is 1840. The van der Waals surface area contributed by atoms with Crippen molar-refractivity contribution in [2.24, 2.45) is 0 Å². The second-order valence-corrected chi connectivity index (χ2v) is 11.9. The van der Waals surface area contributed by atoms with E-state index >= 15 is 0 Å². The first-order valence-corrected chi connectivity index (χ1v) is 15.0. The number of H-pyrrole nitrogens is 1. The van der Waals surface area contributed by atoms with Crippen LogP contribution in [0.3, 0.4) is 0 Å². The Balaban J connectivity index is 1.08. The predicted molar refractivity (Wildman–Crippen MR) is 168 cm³/mol. The molecular formula is C35H35FN6O. The molecule has 2 aliphatic heterocycles. The van der Waals surface area contributed by atoms with Gasteiger partial charge in [0, 0.05) is 60.0 Å². The van der Waals surface area contributed by atoms with Crippen LogP contribution in [0, 0.1) is 12.7 Å². The third-order valence-corrected chi connectivity index (χ3v) is 9.13. The minimum atomic E-state index is -0.382. The fraction of sp³-hybridized carbons (Fsp3) is 0.286. The lowest BCUT2D eigenvalue weighted by Gasteiger charge is -2.42. The number of urea groups is 1. The number of halogens is 1. The Labute approximate surface area is 250 Å². The predicted octanol–water partition coefficient (Wildman–Crippen LogP) is 7.30. The maximum atomic E-state index is 14.2. The van der Waals surface area contributed by atoms with Gasteiger partial charge < -0.3 is 15.1 Å². The number of anilines is 1. The van der Waals surface area contributed by atoms with E-state index in [9.17, 15) is 9.18 Å². The average Bonchev–Trinajstić information content (AvgIpc) is 3.50. The van der Waals surface area contributed by atoms with Crippen molar-refractivity contribution in [3.63, 3.8) is 0 Å². The highest BCUT2D eigenvalue weighted by Gasteiger charge is 2.33. The van der Waals surface area contributed by atoms with Crippen molar-refractivity contribution in [3.05, 3.63) is 114 Å². The van der Waals surface area contributed by atoms with E-state index in [-0.39, 0.29) is 23.8 Å².